The van der Waals surface area contributed by atoms with Crippen LogP contribution >= 0.6 is 11.6 Å². The van der Waals surface area contributed by atoms with Gasteiger partial charge >= 0.3 is 0 Å². The number of fused-ring (bicyclic) bond motifs is 1. The van der Waals surface area contributed by atoms with Crippen molar-refractivity contribution in [3.63, 3.8) is 0 Å². The Morgan fingerprint density at radius 2 is 1.90 bits per heavy atom. The third kappa shape index (κ3) is 4.73. The fourth-order valence-corrected chi connectivity index (χ4v) is 4.90. The standard InChI is InChI=1S/C28H20ClF3N8O2/c1-13-24(38-21(10-33-13)22-19(25(31)32)5-6-20(29)23(22)30)26(41)37-17-9-36-40(12-17)14(2)16-7-34-28(35-8-16)39-11-15-3-4-18(15)27(39)42/h5-10,12,14-15,18,25H,11H2,1-2H3,(H,37,41)/t14?,15-,18-/m1/s1. The molecule has 1 unspecified atom stereocenters. The van der Waals surface area contributed by atoms with Gasteiger partial charge in [-0.15, -0.1) is 0 Å². The molecule has 3 aromatic heterocycles. The minimum Gasteiger partial charge on any atom is -0.318 e. The highest BCUT2D eigenvalue weighted by Crippen LogP contribution is 2.36. The second-order valence-corrected chi connectivity index (χ2v) is 10.2. The van der Waals surface area contributed by atoms with Gasteiger partial charge in [0.15, 0.2) is 5.82 Å². The van der Waals surface area contributed by atoms with Crippen LogP contribution in [0, 0.1) is 36.4 Å². The normalized spacial score (nSPS) is 17.9. The van der Waals surface area contributed by atoms with Crippen LogP contribution in [0.1, 0.15) is 46.7 Å². The van der Waals surface area contributed by atoms with Crippen LogP contribution in [0.2, 0.25) is 5.02 Å². The van der Waals surface area contributed by atoms with Gasteiger partial charge in [-0.05, 0) is 19.9 Å². The highest BCUT2D eigenvalue weighted by Gasteiger charge is 2.44. The van der Waals surface area contributed by atoms with E-state index in [-0.39, 0.29) is 45.9 Å². The molecule has 212 valence electrons. The van der Waals surface area contributed by atoms with E-state index in [1.807, 2.05) is 6.92 Å². The molecule has 10 nitrogen and oxygen atoms in total. The predicted octanol–water partition coefficient (Wildman–Crippen LogP) is 4.63. The molecule has 42 heavy (non-hydrogen) atoms. The first-order chi connectivity index (χ1) is 20.1. The lowest BCUT2D eigenvalue weighted by atomic mass is 9.89. The zero-order valence-electron chi connectivity index (χ0n) is 22.0. The number of alkyl halides is 2. The molecule has 4 heterocycles. The number of anilines is 2. The molecule has 0 bridgehead atoms. The van der Waals surface area contributed by atoms with Crippen LogP contribution in [-0.2, 0) is 4.79 Å². The van der Waals surface area contributed by atoms with E-state index in [1.54, 1.807) is 23.3 Å². The Labute approximate surface area is 242 Å². The van der Waals surface area contributed by atoms with Crippen LogP contribution in [0.25, 0.3) is 11.3 Å². The number of benzene rings is 1. The zero-order valence-corrected chi connectivity index (χ0v) is 22.8. The number of amides is 2. The van der Waals surface area contributed by atoms with Gasteiger partial charge in [-0.25, -0.2) is 28.1 Å². The maximum atomic E-state index is 14.8. The van der Waals surface area contributed by atoms with Gasteiger partial charge in [0, 0.05) is 41.8 Å². The van der Waals surface area contributed by atoms with E-state index in [4.69, 9.17) is 11.6 Å². The molecule has 0 radical (unpaired) electrons. The molecule has 1 fully saturated rings. The fraction of sp³-hybridized carbons (Fsp3) is 0.250. The maximum absolute atomic E-state index is 14.8. The van der Waals surface area contributed by atoms with Crippen molar-refractivity contribution in [3.05, 3.63) is 76.5 Å². The highest BCUT2D eigenvalue weighted by molar-refractivity contribution is 6.31. The van der Waals surface area contributed by atoms with E-state index in [0.717, 1.165) is 18.3 Å². The number of rotatable bonds is 7. The Morgan fingerprint density at radius 3 is 2.55 bits per heavy atom. The van der Waals surface area contributed by atoms with E-state index in [9.17, 15) is 22.8 Å². The Morgan fingerprint density at radius 1 is 1.14 bits per heavy atom. The summed E-state index contributed by atoms with van der Waals surface area (Å²) in [4.78, 5) is 44.0. The molecule has 6 rings (SSSR count). The molecule has 1 aliphatic carbocycles. The highest BCUT2D eigenvalue weighted by atomic mass is 35.5. The number of nitrogens with zero attached hydrogens (tertiary/aromatic N) is 7. The van der Waals surface area contributed by atoms with Crippen molar-refractivity contribution < 1.29 is 22.8 Å². The average Bonchev–Trinajstić information content (AvgIpc) is 3.50. The topological polar surface area (TPSA) is 119 Å². The summed E-state index contributed by atoms with van der Waals surface area (Å²) in [5, 5.41) is 6.59. The molecule has 1 aliphatic heterocycles. The summed E-state index contributed by atoms with van der Waals surface area (Å²) in [6, 6.07) is 1.70. The van der Waals surface area contributed by atoms with E-state index >= 15 is 0 Å². The lowest BCUT2D eigenvalue weighted by Crippen LogP contribution is -2.28. The fourth-order valence-electron chi connectivity index (χ4n) is 4.74. The number of carbonyl (C=O) groups excluding carboxylic acids is 2. The number of carbonyl (C=O) groups is 2. The molecule has 0 spiro atoms. The minimum absolute atomic E-state index is 0.0303. The summed E-state index contributed by atoms with van der Waals surface area (Å²) < 4.78 is 43.6. The van der Waals surface area contributed by atoms with Crippen molar-refractivity contribution in [1.29, 1.82) is 0 Å². The van der Waals surface area contributed by atoms with E-state index < -0.39 is 29.3 Å². The van der Waals surface area contributed by atoms with E-state index in [1.165, 1.54) is 18.0 Å². The zero-order chi connectivity index (χ0) is 29.7. The third-order valence-electron chi connectivity index (χ3n) is 7.16. The lowest BCUT2D eigenvalue weighted by Gasteiger charge is -2.15. The summed E-state index contributed by atoms with van der Waals surface area (Å²) in [5.74, 6) is 4.03. The molecule has 1 N–H and O–H groups in total. The Bertz CT molecular complexity index is 1800. The number of halogens is 4. The van der Waals surface area contributed by atoms with Crippen molar-refractivity contribution in [3.8, 4) is 23.1 Å². The van der Waals surface area contributed by atoms with E-state index in [2.05, 4.69) is 42.2 Å². The first-order valence-electron chi connectivity index (χ1n) is 12.7. The van der Waals surface area contributed by atoms with Crippen molar-refractivity contribution in [2.24, 2.45) is 11.8 Å². The van der Waals surface area contributed by atoms with Crippen LogP contribution in [0.3, 0.4) is 0 Å². The average molecular weight is 593 g/mol. The smallest absolute Gasteiger partial charge is 0.276 e. The monoisotopic (exact) mass is 592 g/mol. The molecular weight excluding hydrogens is 573 g/mol. The molecule has 2 aliphatic rings. The Hall–Kier alpha value is -4.83. The Balaban J connectivity index is 1.18. The van der Waals surface area contributed by atoms with Gasteiger partial charge in [-0.1, -0.05) is 29.5 Å². The number of aromatic nitrogens is 6. The first-order valence-corrected chi connectivity index (χ1v) is 13.1. The van der Waals surface area contributed by atoms with E-state index in [0.29, 0.717) is 23.7 Å². The molecular formula is C28H20ClF3N8O2. The Kier molecular flexibility index (Phi) is 6.86. The number of hydrogen-bond donors (Lipinski definition) is 1. The summed E-state index contributed by atoms with van der Waals surface area (Å²) in [7, 11) is 0. The summed E-state index contributed by atoms with van der Waals surface area (Å²) in [6.07, 6.45) is 4.31. The van der Waals surface area contributed by atoms with Crippen LogP contribution in [-0.4, -0.2) is 48.1 Å². The van der Waals surface area contributed by atoms with Gasteiger partial charge in [0.2, 0.25) is 11.9 Å². The van der Waals surface area contributed by atoms with Gasteiger partial charge in [0.05, 0.1) is 46.5 Å². The summed E-state index contributed by atoms with van der Waals surface area (Å²) in [6.45, 7) is 3.84. The predicted molar refractivity (Wildman–Crippen MR) is 145 cm³/mol. The quantitative estimate of drug-likeness (QED) is 0.311. The van der Waals surface area contributed by atoms with Crippen molar-refractivity contribution >= 4 is 35.1 Å². The summed E-state index contributed by atoms with van der Waals surface area (Å²) >= 11 is 5.82. The SMILES string of the molecule is Cc1ncc(-c2c(C(F)F)ccc(Cl)c2F)nc1C(=O)Nc1cnn(C(C)c2cnc(N3C[C@H]4C#C[C@H]4C3=O)nc2)c1. The summed E-state index contributed by atoms with van der Waals surface area (Å²) in [5.41, 5.74) is -0.372. The van der Waals surface area contributed by atoms with Crippen LogP contribution in [0.5, 0.6) is 0 Å². The molecule has 14 heteroatoms. The second-order valence-electron chi connectivity index (χ2n) is 9.79. The van der Waals surface area contributed by atoms with Gasteiger partial charge < -0.3 is 5.32 Å². The van der Waals surface area contributed by atoms with Crippen molar-refractivity contribution in [1.82, 2.24) is 29.7 Å². The largest absolute Gasteiger partial charge is 0.318 e. The molecule has 3 atom stereocenters. The van der Waals surface area contributed by atoms with Crippen molar-refractivity contribution in [2.75, 3.05) is 16.8 Å². The lowest BCUT2D eigenvalue weighted by molar-refractivity contribution is -0.119. The second kappa shape index (κ2) is 10.5. The minimum atomic E-state index is -3.01. The molecule has 1 saturated heterocycles. The maximum Gasteiger partial charge on any atom is 0.276 e. The van der Waals surface area contributed by atoms with Crippen LogP contribution in [0.4, 0.5) is 24.8 Å². The third-order valence-corrected chi connectivity index (χ3v) is 7.46. The molecule has 4 aromatic rings. The number of nitrogens with one attached hydrogen (secondary N) is 1. The van der Waals surface area contributed by atoms with Crippen molar-refractivity contribution in [2.45, 2.75) is 26.3 Å². The van der Waals surface area contributed by atoms with Gasteiger partial charge in [0.1, 0.15) is 11.6 Å². The number of hydrogen-bond acceptors (Lipinski definition) is 7. The first kappa shape index (κ1) is 27.3. The molecule has 2 amide bonds. The molecule has 1 aromatic carbocycles. The van der Waals surface area contributed by atoms with Crippen LogP contribution < -0.4 is 10.2 Å². The van der Waals surface area contributed by atoms with Gasteiger partial charge in [0.25, 0.3) is 12.3 Å². The van der Waals surface area contributed by atoms with Gasteiger partial charge in [-0.2, -0.15) is 5.10 Å². The van der Waals surface area contributed by atoms with Crippen LogP contribution in [0.15, 0.2) is 43.1 Å². The number of aryl methyl sites for hydroxylation is 1. The van der Waals surface area contributed by atoms with Gasteiger partial charge in [-0.3, -0.25) is 24.2 Å². The molecule has 0 saturated carbocycles.